The van der Waals surface area contributed by atoms with Crippen LogP contribution in [0.2, 0.25) is 0 Å². The molecular formula is C25H24FNO5. The molecule has 3 aromatic rings. The van der Waals surface area contributed by atoms with Crippen LogP contribution in [0.3, 0.4) is 0 Å². The first-order valence-electron chi connectivity index (χ1n) is 10.1. The number of carbonyl (C=O) groups is 1. The summed E-state index contributed by atoms with van der Waals surface area (Å²) in [5.74, 6) is -0.383. The zero-order chi connectivity index (χ0) is 22.8. The Morgan fingerprint density at radius 3 is 2.34 bits per heavy atom. The number of nitrogens with zero attached hydrogens (tertiary/aromatic N) is 1. The molecule has 6 nitrogen and oxygen atoms in total. The van der Waals surface area contributed by atoms with Crippen molar-refractivity contribution in [2.45, 2.75) is 19.4 Å². The van der Waals surface area contributed by atoms with Crippen LogP contribution in [-0.2, 0) is 22.7 Å². The van der Waals surface area contributed by atoms with Gasteiger partial charge in [0, 0.05) is 18.1 Å². The number of hydrogen-bond donors (Lipinski definition) is 1. The summed E-state index contributed by atoms with van der Waals surface area (Å²) in [5, 5.41) is 12.8. The summed E-state index contributed by atoms with van der Waals surface area (Å²) in [7, 11) is 1.49. The van der Waals surface area contributed by atoms with E-state index < -0.39 is 11.8 Å². The largest absolute Gasteiger partial charge is 0.489 e. The highest BCUT2D eigenvalue weighted by Crippen LogP contribution is 2.20. The SMILES string of the molecule is CO/N=C(\COc1ccc(COc2ccc(CCC(=O)O)c(F)c2)cc1)c1ccccc1. The topological polar surface area (TPSA) is 77.3 Å². The lowest BCUT2D eigenvalue weighted by atomic mass is 10.1. The summed E-state index contributed by atoms with van der Waals surface area (Å²) in [6.07, 6.45) is 0.0275. The predicted octanol–water partition coefficient (Wildman–Crippen LogP) is 4.85. The molecule has 3 aromatic carbocycles. The maximum atomic E-state index is 14.1. The van der Waals surface area contributed by atoms with E-state index in [1.165, 1.54) is 13.2 Å². The number of halogens is 1. The highest BCUT2D eigenvalue weighted by Gasteiger charge is 2.08. The molecule has 1 N–H and O–H groups in total. The van der Waals surface area contributed by atoms with Gasteiger partial charge in [0.05, 0.1) is 0 Å². The first-order chi connectivity index (χ1) is 15.5. The van der Waals surface area contributed by atoms with Crippen molar-refractivity contribution in [2.75, 3.05) is 13.7 Å². The van der Waals surface area contributed by atoms with E-state index >= 15 is 0 Å². The third-order valence-electron chi connectivity index (χ3n) is 4.65. The molecule has 0 fully saturated rings. The molecule has 7 heteroatoms. The van der Waals surface area contributed by atoms with Crippen LogP contribution in [0.1, 0.15) is 23.1 Å². The van der Waals surface area contributed by atoms with E-state index in [4.69, 9.17) is 19.4 Å². The van der Waals surface area contributed by atoms with Gasteiger partial charge in [0.1, 0.15) is 43.4 Å². The Balaban J connectivity index is 1.53. The average molecular weight is 437 g/mol. The minimum Gasteiger partial charge on any atom is -0.489 e. The second-order valence-electron chi connectivity index (χ2n) is 6.95. The molecule has 0 atom stereocenters. The number of rotatable bonds is 11. The molecule has 0 aliphatic carbocycles. The number of aryl methyl sites for hydroxylation is 1. The molecule has 166 valence electrons. The Bertz CT molecular complexity index is 1050. The third-order valence-corrected chi connectivity index (χ3v) is 4.65. The van der Waals surface area contributed by atoms with Crippen LogP contribution in [0, 0.1) is 5.82 Å². The van der Waals surface area contributed by atoms with Gasteiger partial charge in [-0.25, -0.2) is 4.39 Å². The molecule has 0 aromatic heterocycles. The van der Waals surface area contributed by atoms with Crippen LogP contribution < -0.4 is 9.47 Å². The number of aliphatic carboxylic acids is 1. The van der Waals surface area contributed by atoms with Crippen molar-refractivity contribution in [2.24, 2.45) is 5.16 Å². The maximum Gasteiger partial charge on any atom is 0.303 e. The van der Waals surface area contributed by atoms with E-state index in [9.17, 15) is 9.18 Å². The first kappa shape index (κ1) is 22.8. The molecule has 0 aliphatic rings. The fourth-order valence-corrected chi connectivity index (χ4v) is 2.97. The van der Waals surface area contributed by atoms with Gasteiger partial charge >= 0.3 is 5.97 Å². The molecule has 0 saturated carbocycles. The molecular weight excluding hydrogens is 413 g/mol. The first-order valence-corrected chi connectivity index (χ1v) is 10.1. The van der Waals surface area contributed by atoms with Gasteiger partial charge in [-0.15, -0.1) is 0 Å². The molecule has 0 amide bonds. The zero-order valence-electron chi connectivity index (χ0n) is 17.7. The van der Waals surface area contributed by atoms with Crippen molar-refractivity contribution in [3.05, 3.63) is 95.3 Å². The standard InChI is InChI=1S/C25H24FNO5/c1-30-27-24(20-5-3-2-4-6-20)17-32-21-11-7-18(8-12-21)16-31-22-13-9-19(23(26)15-22)10-14-25(28)29/h2-9,11-13,15H,10,14,16-17H2,1H3,(H,28,29)/b27-24+. The van der Waals surface area contributed by atoms with Crippen molar-refractivity contribution in [3.8, 4) is 11.5 Å². The van der Waals surface area contributed by atoms with Crippen molar-refractivity contribution < 1.29 is 28.6 Å². The summed E-state index contributed by atoms with van der Waals surface area (Å²) in [5.41, 5.74) is 2.84. The molecule has 0 radical (unpaired) electrons. The number of carboxylic acids is 1. The number of benzene rings is 3. The van der Waals surface area contributed by atoms with E-state index in [0.717, 1.165) is 11.1 Å². The number of hydrogen-bond acceptors (Lipinski definition) is 5. The maximum absolute atomic E-state index is 14.1. The van der Waals surface area contributed by atoms with E-state index in [-0.39, 0.29) is 26.1 Å². The third kappa shape index (κ3) is 6.84. The van der Waals surface area contributed by atoms with Gasteiger partial charge in [0.2, 0.25) is 0 Å². The van der Waals surface area contributed by atoms with Crippen molar-refractivity contribution in [3.63, 3.8) is 0 Å². The fourth-order valence-electron chi connectivity index (χ4n) is 2.97. The number of ether oxygens (including phenoxy) is 2. The monoisotopic (exact) mass is 437 g/mol. The lowest BCUT2D eigenvalue weighted by molar-refractivity contribution is -0.136. The van der Waals surface area contributed by atoms with Gasteiger partial charge in [-0.1, -0.05) is 53.7 Å². The summed E-state index contributed by atoms with van der Waals surface area (Å²) in [6, 6.07) is 21.5. The van der Waals surface area contributed by atoms with Crippen LogP contribution in [0.25, 0.3) is 0 Å². The Hall–Kier alpha value is -3.87. The van der Waals surface area contributed by atoms with Crippen LogP contribution in [0.4, 0.5) is 4.39 Å². The van der Waals surface area contributed by atoms with Gasteiger partial charge in [0.15, 0.2) is 0 Å². The normalized spacial score (nSPS) is 11.1. The van der Waals surface area contributed by atoms with Gasteiger partial charge < -0.3 is 19.4 Å². The van der Waals surface area contributed by atoms with Crippen molar-refractivity contribution in [1.29, 1.82) is 0 Å². The Morgan fingerprint density at radius 1 is 0.969 bits per heavy atom. The summed E-state index contributed by atoms with van der Waals surface area (Å²) >= 11 is 0. The van der Waals surface area contributed by atoms with E-state index in [1.807, 2.05) is 54.6 Å². The molecule has 32 heavy (non-hydrogen) atoms. The predicted molar refractivity (Wildman–Crippen MR) is 119 cm³/mol. The smallest absolute Gasteiger partial charge is 0.303 e. The van der Waals surface area contributed by atoms with Gasteiger partial charge in [0.25, 0.3) is 0 Å². The van der Waals surface area contributed by atoms with E-state index in [2.05, 4.69) is 5.16 Å². The van der Waals surface area contributed by atoms with Crippen LogP contribution in [0.5, 0.6) is 11.5 Å². The summed E-state index contributed by atoms with van der Waals surface area (Å²) in [4.78, 5) is 15.6. The number of oxime groups is 1. The lowest BCUT2D eigenvalue weighted by Crippen LogP contribution is -2.13. The Kier molecular flexibility index (Phi) is 8.20. The minimum atomic E-state index is -0.959. The van der Waals surface area contributed by atoms with E-state index in [1.54, 1.807) is 12.1 Å². The lowest BCUT2D eigenvalue weighted by Gasteiger charge is -2.11. The molecule has 0 heterocycles. The number of carboxylic acid groups (broad SMARTS) is 1. The zero-order valence-corrected chi connectivity index (χ0v) is 17.7. The Morgan fingerprint density at radius 2 is 1.69 bits per heavy atom. The van der Waals surface area contributed by atoms with Crippen LogP contribution >= 0.6 is 0 Å². The van der Waals surface area contributed by atoms with Crippen LogP contribution in [-0.4, -0.2) is 30.5 Å². The Labute approximate surface area is 185 Å². The molecule has 0 saturated heterocycles. The molecule has 0 aliphatic heterocycles. The molecule has 0 bridgehead atoms. The quantitative estimate of drug-likeness (QED) is 0.343. The highest BCUT2D eigenvalue weighted by molar-refractivity contribution is 6.01. The van der Waals surface area contributed by atoms with Crippen LogP contribution in [0.15, 0.2) is 78.0 Å². The van der Waals surface area contributed by atoms with Gasteiger partial charge in [-0.05, 0) is 35.7 Å². The second kappa shape index (κ2) is 11.5. The van der Waals surface area contributed by atoms with Crippen molar-refractivity contribution >= 4 is 11.7 Å². The molecule has 0 spiro atoms. The summed E-state index contributed by atoms with van der Waals surface area (Å²) < 4.78 is 25.6. The molecule has 0 unspecified atom stereocenters. The fraction of sp³-hybridized carbons (Fsp3) is 0.200. The minimum absolute atomic E-state index is 0.115. The second-order valence-corrected chi connectivity index (χ2v) is 6.95. The summed E-state index contributed by atoms with van der Waals surface area (Å²) in [6.45, 7) is 0.510. The van der Waals surface area contributed by atoms with Gasteiger partial charge in [-0.3, -0.25) is 4.79 Å². The van der Waals surface area contributed by atoms with E-state index in [0.29, 0.717) is 22.8 Å². The van der Waals surface area contributed by atoms with Gasteiger partial charge in [-0.2, -0.15) is 0 Å². The highest BCUT2D eigenvalue weighted by atomic mass is 19.1. The molecule has 3 rings (SSSR count). The average Bonchev–Trinajstić information content (AvgIpc) is 2.81. The van der Waals surface area contributed by atoms with Crippen molar-refractivity contribution in [1.82, 2.24) is 0 Å².